The summed E-state index contributed by atoms with van der Waals surface area (Å²) in [6, 6.07) is 1.42. The van der Waals surface area contributed by atoms with Crippen molar-refractivity contribution in [1.82, 2.24) is 9.97 Å². The third kappa shape index (κ3) is 1.15. The second-order valence-corrected chi connectivity index (χ2v) is 2.93. The number of aromatic carboxylic acids is 1. The van der Waals surface area contributed by atoms with Crippen LogP contribution in [-0.2, 0) is 0 Å². The fourth-order valence-electron chi connectivity index (χ4n) is 1.20. The Kier molecular flexibility index (Phi) is 1.70. The number of pyridine rings is 1. The quantitative estimate of drug-likeness (QED) is 0.732. The van der Waals surface area contributed by atoms with Gasteiger partial charge < -0.3 is 10.1 Å². The third-order valence-corrected chi connectivity index (χ3v) is 2.05. The molecule has 4 nitrogen and oxygen atoms in total. The maximum absolute atomic E-state index is 10.8. The highest BCUT2D eigenvalue weighted by Gasteiger charge is 2.12. The van der Waals surface area contributed by atoms with Crippen LogP contribution in [0.1, 0.15) is 10.4 Å². The smallest absolute Gasteiger partial charge is 0.336 e. The molecule has 2 heterocycles. The topological polar surface area (TPSA) is 66.0 Å². The van der Waals surface area contributed by atoms with E-state index >= 15 is 0 Å². The highest BCUT2D eigenvalue weighted by molar-refractivity contribution is 6.36. The van der Waals surface area contributed by atoms with Crippen molar-refractivity contribution in [3.05, 3.63) is 29.0 Å². The van der Waals surface area contributed by atoms with Crippen LogP contribution in [-0.4, -0.2) is 21.0 Å². The highest BCUT2D eigenvalue weighted by atomic mass is 35.5. The molecule has 0 fully saturated rings. The van der Waals surface area contributed by atoms with Crippen molar-refractivity contribution in [2.75, 3.05) is 0 Å². The van der Waals surface area contributed by atoms with E-state index in [1.54, 1.807) is 0 Å². The molecule has 0 bridgehead atoms. The zero-order chi connectivity index (χ0) is 9.42. The Morgan fingerprint density at radius 2 is 2.38 bits per heavy atom. The van der Waals surface area contributed by atoms with Gasteiger partial charge in [-0.05, 0) is 6.07 Å². The molecule has 0 saturated carbocycles. The van der Waals surface area contributed by atoms with Crippen molar-refractivity contribution < 1.29 is 9.90 Å². The van der Waals surface area contributed by atoms with Crippen LogP contribution < -0.4 is 0 Å². The number of hydrogen-bond donors (Lipinski definition) is 2. The summed E-state index contributed by atoms with van der Waals surface area (Å²) in [7, 11) is 0. The van der Waals surface area contributed by atoms with Crippen molar-refractivity contribution >= 4 is 28.6 Å². The van der Waals surface area contributed by atoms with Crippen LogP contribution in [0.4, 0.5) is 0 Å². The molecule has 5 heteroatoms. The van der Waals surface area contributed by atoms with Crippen LogP contribution in [0, 0.1) is 0 Å². The lowest BCUT2D eigenvalue weighted by Crippen LogP contribution is -1.97. The van der Waals surface area contributed by atoms with Crippen molar-refractivity contribution in [3.8, 4) is 0 Å². The minimum Gasteiger partial charge on any atom is -0.478 e. The summed E-state index contributed by atoms with van der Waals surface area (Å²) in [6.45, 7) is 0. The average Bonchev–Trinajstić information content (AvgIpc) is 2.48. The summed E-state index contributed by atoms with van der Waals surface area (Å²) in [6.07, 6.45) is 2.95. The normalized spacial score (nSPS) is 10.5. The first-order valence-corrected chi connectivity index (χ1v) is 3.93. The number of aromatic nitrogens is 2. The zero-order valence-electron chi connectivity index (χ0n) is 6.41. The number of H-pyrrole nitrogens is 1. The van der Waals surface area contributed by atoms with E-state index < -0.39 is 5.97 Å². The summed E-state index contributed by atoms with van der Waals surface area (Å²) in [5, 5.41) is 9.66. The van der Waals surface area contributed by atoms with E-state index in [4.69, 9.17) is 16.7 Å². The van der Waals surface area contributed by atoms with Gasteiger partial charge in [0.2, 0.25) is 0 Å². The Morgan fingerprint density at radius 3 is 3.08 bits per heavy atom. The van der Waals surface area contributed by atoms with Gasteiger partial charge >= 0.3 is 5.97 Å². The van der Waals surface area contributed by atoms with E-state index in [1.807, 2.05) is 0 Å². The average molecular weight is 197 g/mol. The van der Waals surface area contributed by atoms with Crippen LogP contribution in [0.5, 0.6) is 0 Å². The van der Waals surface area contributed by atoms with Gasteiger partial charge in [-0.1, -0.05) is 11.6 Å². The molecule has 0 saturated heterocycles. The number of carboxylic acid groups (broad SMARTS) is 1. The van der Waals surface area contributed by atoms with Gasteiger partial charge in [-0.15, -0.1) is 0 Å². The lowest BCUT2D eigenvalue weighted by atomic mass is 10.2. The van der Waals surface area contributed by atoms with Crippen LogP contribution >= 0.6 is 11.6 Å². The number of hydrogen-bond acceptors (Lipinski definition) is 2. The molecule has 0 aliphatic rings. The van der Waals surface area contributed by atoms with Crippen LogP contribution in [0.2, 0.25) is 5.02 Å². The standard InChI is InChI=1S/C8H5ClN2O2/c9-5-3-11-7-6(5)4(8(12)13)1-2-10-7/h1-3H,(H,10,11)(H,12,13). The minimum atomic E-state index is -1.01. The molecule has 2 aromatic rings. The molecule has 0 spiro atoms. The molecule has 0 aliphatic heterocycles. The molecular weight excluding hydrogens is 192 g/mol. The second kappa shape index (κ2) is 2.74. The van der Waals surface area contributed by atoms with Gasteiger partial charge in [-0.2, -0.15) is 0 Å². The van der Waals surface area contributed by atoms with Crippen molar-refractivity contribution in [2.24, 2.45) is 0 Å². The van der Waals surface area contributed by atoms with Crippen LogP contribution in [0.25, 0.3) is 11.0 Å². The molecule has 0 amide bonds. The lowest BCUT2D eigenvalue weighted by Gasteiger charge is -1.95. The summed E-state index contributed by atoms with van der Waals surface area (Å²) in [4.78, 5) is 17.5. The predicted molar refractivity (Wildman–Crippen MR) is 48.1 cm³/mol. The monoisotopic (exact) mass is 196 g/mol. The Morgan fingerprint density at radius 1 is 1.62 bits per heavy atom. The predicted octanol–water partition coefficient (Wildman–Crippen LogP) is 1.91. The Hall–Kier alpha value is -1.55. The van der Waals surface area contributed by atoms with Crippen molar-refractivity contribution in [2.45, 2.75) is 0 Å². The fraction of sp³-hybridized carbons (Fsp3) is 0. The van der Waals surface area contributed by atoms with Gasteiger partial charge in [0.05, 0.1) is 16.0 Å². The number of carbonyl (C=O) groups is 1. The number of rotatable bonds is 1. The molecule has 66 valence electrons. The maximum atomic E-state index is 10.8. The van der Waals surface area contributed by atoms with E-state index in [9.17, 15) is 4.79 Å². The number of fused-ring (bicyclic) bond motifs is 1. The molecule has 2 aromatic heterocycles. The molecule has 0 aromatic carbocycles. The van der Waals surface area contributed by atoms with Crippen LogP contribution in [0.15, 0.2) is 18.5 Å². The van der Waals surface area contributed by atoms with E-state index in [2.05, 4.69) is 9.97 Å². The van der Waals surface area contributed by atoms with E-state index in [1.165, 1.54) is 18.5 Å². The molecule has 0 unspecified atom stereocenters. The molecule has 0 atom stereocenters. The zero-order valence-corrected chi connectivity index (χ0v) is 7.17. The first kappa shape index (κ1) is 8.07. The van der Waals surface area contributed by atoms with E-state index in [-0.39, 0.29) is 5.56 Å². The highest BCUT2D eigenvalue weighted by Crippen LogP contribution is 2.24. The van der Waals surface area contributed by atoms with Crippen molar-refractivity contribution in [3.63, 3.8) is 0 Å². The molecule has 13 heavy (non-hydrogen) atoms. The lowest BCUT2D eigenvalue weighted by molar-refractivity contribution is 0.0699. The number of aromatic amines is 1. The first-order valence-electron chi connectivity index (χ1n) is 3.55. The maximum Gasteiger partial charge on any atom is 0.336 e. The van der Waals surface area contributed by atoms with Gasteiger partial charge in [0.1, 0.15) is 5.65 Å². The van der Waals surface area contributed by atoms with Gasteiger partial charge in [0.15, 0.2) is 0 Å². The van der Waals surface area contributed by atoms with Gasteiger partial charge in [-0.3, -0.25) is 0 Å². The van der Waals surface area contributed by atoms with Crippen molar-refractivity contribution in [1.29, 1.82) is 0 Å². The minimum absolute atomic E-state index is 0.163. The number of carboxylic acids is 1. The number of halogens is 1. The Bertz CT molecular complexity index is 478. The largest absolute Gasteiger partial charge is 0.478 e. The second-order valence-electron chi connectivity index (χ2n) is 2.52. The van der Waals surface area contributed by atoms with Gasteiger partial charge in [-0.25, -0.2) is 9.78 Å². The van der Waals surface area contributed by atoms with Gasteiger partial charge in [0.25, 0.3) is 0 Å². The Balaban J connectivity index is 2.88. The number of nitrogens with zero attached hydrogens (tertiary/aromatic N) is 1. The Labute approximate surface area is 78.2 Å². The molecule has 2 N–H and O–H groups in total. The first-order chi connectivity index (χ1) is 6.20. The summed E-state index contributed by atoms with van der Waals surface area (Å²) in [5.74, 6) is -1.01. The molecular formula is C8H5ClN2O2. The van der Waals surface area contributed by atoms with Crippen LogP contribution in [0.3, 0.4) is 0 Å². The number of nitrogens with one attached hydrogen (secondary N) is 1. The van der Waals surface area contributed by atoms with Gasteiger partial charge in [0, 0.05) is 12.4 Å². The summed E-state index contributed by atoms with van der Waals surface area (Å²) >= 11 is 5.79. The molecule has 0 radical (unpaired) electrons. The molecule has 2 rings (SSSR count). The van der Waals surface area contributed by atoms with E-state index in [0.29, 0.717) is 16.1 Å². The third-order valence-electron chi connectivity index (χ3n) is 1.76. The fourth-order valence-corrected chi connectivity index (χ4v) is 1.44. The SMILES string of the molecule is O=C(O)c1ccnc2[nH]cc(Cl)c12. The molecule has 0 aliphatic carbocycles. The summed E-state index contributed by atoms with van der Waals surface area (Å²) in [5.41, 5.74) is 0.654. The summed E-state index contributed by atoms with van der Waals surface area (Å²) < 4.78 is 0. The van der Waals surface area contributed by atoms with E-state index in [0.717, 1.165) is 0 Å².